The Labute approximate surface area is 113 Å². The molecule has 0 fully saturated rings. The fourth-order valence-electron chi connectivity index (χ4n) is 1.80. The van der Waals surface area contributed by atoms with Crippen LogP contribution < -0.4 is 4.74 Å². The Bertz CT molecular complexity index is 775. The summed E-state index contributed by atoms with van der Waals surface area (Å²) in [5, 5.41) is 17.4. The SMILES string of the molecule is O=C(O)c1nnc2ccccc2c1Oc1cccnc1. The molecular formula is C14H9N3O3. The van der Waals surface area contributed by atoms with Crippen LogP contribution in [0.25, 0.3) is 10.9 Å². The van der Waals surface area contributed by atoms with Gasteiger partial charge >= 0.3 is 5.97 Å². The van der Waals surface area contributed by atoms with Crippen molar-refractivity contribution in [1.82, 2.24) is 15.2 Å². The molecule has 2 aromatic heterocycles. The van der Waals surface area contributed by atoms with Crippen molar-refractivity contribution >= 4 is 16.9 Å². The molecule has 0 radical (unpaired) electrons. The summed E-state index contributed by atoms with van der Waals surface area (Å²) in [5.74, 6) is -0.591. The Balaban J connectivity index is 2.20. The summed E-state index contributed by atoms with van der Waals surface area (Å²) < 4.78 is 5.64. The smallest absolute Gasteiger partial charge is 0.360 e. The number of pyridine rings is 1. The predicted molar refractivity (Wildman–Crippen MR) is 70.8 cm³/mol. The molecule has 0 spiro atoms. The van der Waals surface area contributed by atoms with Crippen molar-refractivity contribution in [2.24, 2.45) is 0 Å². The molecule has 0 atom stereocenters. The normalized spacial score (nSPS) is 10.4. The molecule has 0 aliphatic heterocycles. The summed E-state index contributed by atoms with van der Waals surface area (Å²) in [5.41, 5.74) is 0.337. The first-order valence-electron chi connectivity index (χ1n) is 5.82. The van der Waals surface area contributed by atoms with Crippen LogP contribution >= 0.6 is 0 Å². The Morgan fingerprint density at radius 2 is 1.95 bits per heavy atom. The molecule has 0 bridgehead atoms. The van der Waals surface area contributed by atoms with Crippen LogP contribution in [0.1, 0.15) is 10.5 Å². The third-order valence-corrected chi connectivity index (χ3v) is 2.68. The van der Waals surface area contributed by atoms with Crippen LogP contribution in [-0.2, 0) is 0 Å². The van der Waals surface area contributed by atoms with E-state index in [0.29, 0.717) is 16.7 Å². The molecule has 1 N–H and O–H groups in total. The first-order valence-corrected chi connectivity index (χ1v) is 5.82. The number of carbonyl (C=O) groups is 1. The van der Waals surface area contributed by atoms with Crippen LogP contribution in [0, 0.1) is 0 Å². The van der Waals surface area contributed by atoms with E-state index in [4.69, 9.17) is 4.74 Å². The maximum Gasteiger partial charge on any atom is 0.360 e. The molecule has 20 heavy (non-hydrogen) atoms. The van der Waals surface area contributed by atoms with Crippen molar-refractivity contribution in [1.29, 1.82) is 0 Å². The fourth-order valence-corrected chi connectivity index (χ4v) is 1.80. The van der Waals surface area contributed by atoms with Crippen molar-refractivity contribution in [3.63, 3.8) is 0 Å². The molecule has 1 aromatic carbocycles. The van der Waals surface area contributed by atoms with Gasteiger partial charge in [0.2, 0.25) is 5.69 Å². The number of aromatic carboxylic acids is 1. The molecular weight excluding hydrogens is 258 g/mol. The van der Waals surface area contributed by atoms with Crippen LogP contribution in [0.4, 0.5) is 0 Å². The third-order valence-electron chi connectivity index (χ3n) is 2.68. The van der Waals surface area contributed by atoms with Gasteiger partial charge in [-0.05, 0) is 24.3 Å². The van der Waals surface area contributed by atoms with Gasteiger partial charge in [0.15, 0.2) is 5.75 Å². The van der Waals surface area contributed by atoms with Crippen molar-refractivity contribution in [2.75, 3.05) is 0 Å². The lowest BCUT2D eigenvalue weighted by atomic mass is 10.2. The van der Waals surface area contributed by atoms with Gasteiger partial charge < -0.3 is 9.84 Å². The van der Waals surface area contributed by atoms with E-state index < -0.39 is 5.97 Å². The third kappa shape index (κ3) is 2.14. The minimum Gasteiger partial charge on any atom is -0.476 e. The molecule has 98 valence electrons. The molecule has 2 heterocycles. The highest BCUT2D eigenvalue weighted by atomic mass is 16.5. The van der Waals surface area contributed by atoms with Crippen LogP contribution in [0.15, 0.2) is 48.8 Å². The maximum atomic E-state index is 11.3. The summed E-state index contributed by atoms with van der Waals surface area (Å²) in [6.45, 7) is 0. The number of benzene rings is 1. The standard InChI is InChI=1S/C14H9N3O3/c18-14(19)12-13(20-9-4-3-7-15-8-9)10-5-1-2-6-11(10)16-17-12/h1-8H,(H,18,19). The van der Waals surface area contributed by atoms with Crippen LogP contribution in [0.2, 0.25) is 0 Å². The minimum absolute atomic E-state index is 0.163. The summed E-state index contributed by atoms with van der Waals surface area (Å²) in [6, 6.07) is 10.4. The first-order chi connectivity index (χ1) is 9.75. The number of ether oxygens (including phenoxy) is 1. The van der Waals surface area contributed by atoms with Gasteiger partial charge in [-0.3, -0.25) is 4.98 Å². The highest BCUT2D eigenvalue weighted by Crippen LogP contribution is 2.30. The summed E-state index contributed by atoms with van der Waals surface area (Å²) in [4.78, 5) is 15.2. The van der Waals surface area contributed by atoms with E-state index in [1.54, 1.807) is 42.6 Å². The summed E-state index contributed by atoms with van der Waals surface area (Å²) in [6.07, 6.45) is 3.11. The molecule has 3 aromatic rings. The van der Waals surface area contributed by atoms with Gasteiger partial charge in [0, 0.05) is 11.6 Å². The lowest BCUT2D eigenvalue weighted by molar-refractivity contribution is 0.0686. The molecule has 0 unspecified atom stereocenters. The van der Waals surface area contributed by atoms with E-state index >= 15 is 0 Å². The second-order valence-electron chi connectivity index (χ2n) is 3.99. The van der Waals surface area contributed by atoms with Gasteiger partial charge in [0.05, 0.1) is 11.7 Å². The summed E-state index contributed by atoms with van der Waals surface area (Å²) >= 11 is 0. The first kappa shape index (κ1) is 12.0. The highest BCUT2D eigenvalue weighted by Gasteiger charge is 2.18. The molecule has 0 amide bonds. The fraction of sp³-hybridized carbons (Fsp3) is 0. The number of carboxylic acids is 1. The van der Waals surface area contributed by atoms with Gasteiger partial charge in [-0.15, -0.1) is 10.2 Å². The van der Waals surface area contributed by atoms with Crippen molar-refractivity contribution in [3.8, 4) is 11.5 Å². The van der Waals surface area contributed by atoms with Crippen molar-refractivity contribution < 1.29 is 14.6 Å². The summed E-state index contributed by atoms with van der Waals surface area (Å²) in [7, 11) is 0. The number of rotatable bonds is 3. The van der Waals surface area contributed by atoms with Crippen molar-refractivity contribution in [3.05, 3.63) is 54.5 Å². The second-order valence-corrected chi connectivity index (χ2v) is 3.99. The van der Waals surface area contributed by atoms with Crippen LogP contribution in [0.5, 0.6) is 11.5 Å². The molecule has 6 nitrogen and oxygen atoms in total. The Morgan fingerprint density at radius 3 is 2.70 bits per heavy atom. The van der Waals surface area contributed by atoms with Gasteiger partial charge in [0.1, 0.15) is 5.75 Å². The predicted octanol–water partition coefficient (Wildman–Crippen LogP) is 2.52. The minimum atomic E-state index is -1.19. The average Bonchev–Trinajstić information content (AvgIpc) is 2.48. The monoisotopic (exact) mass is 267 g/mol. The average molecular weight is 267 g/mol. The van der Waals surface area contributed by atoms with Crippen LogP contribution in [-0.4, -0.2) is 26.3 Å². The Kier molecular flexibility index (Phi) is 2.96. The van der Waals surface area contributed by atoms with E-state index in [1.807, 2.05) is 0 Å². The van der Waals surface area contributed by atoms with Gasteiger partial charge in [0.25, 0.3) is 0 Å². The molecule has 0 saturated carbocycles. The number of hydrogen-bond acceptors (Lipinski definition) is 5. The molecule has 6 heteroatoms. The lowest BCUT2D eigenvalue weighted by Gasteiger charge is -2.09. The van der Waals surface area contributed by atoms with Gasteiger partial charge in [-0.25, -0.2) is 4.79 Å². The molecule has 0 aliphatic carbocycles. The topological polar surface area (TPSA) is 85.2 Å². The van der Waals surface area contributed by atoms with E-state index in [9.17, 15) is 9.90 Å². The molecule has 0 aliphatic rings. The Morgan fingerprint density at radius 1 is 1.10 bits per heavy atom. The number of hydrogen-bond donors (Lipinski definition) is 1. The van der Waals surface area contributed by atoms with E-state index in [0.717, 1.165) is 0 Å². The second kappa shape index (κ2) is 4.93. The zero-order chi connectivity index (χ0) is 13.9. The largest absolute Gasteiger partial charge is 0.476 e. The number of aromatic nitrogens is 3. The molecule has 0 saturated heterocycles. The highest BCUT2D eigenvalue weighted by molar-refractivity contribution is 5.96. The van der Waals surface area contributed by atoms with Gasteiger partial charge in [-0.2, -0.15) is 0 Å². The molecule has 3 rings (SSSR count). The van der Waals surface area contributed by atoms with E-state index in [1.165, 1.54) is 6.20 Å². The van der Waals surface area contributed by atoms with Gasteiger partial charge in [-0.1, -0.05) is 12.1 Å². The maximum absolute atomic E-state index is 11.3. The zero-order valence-corrected chi connectivity index (χ0v) is 10.2. The Hall–Kier alpha value is -3.02. The van der Waals surface area contributed by atoms with E-state index in [-0.39, 0.29) is 11.4 Å². The number of carboxylic acid groups (broad SMARTS) is 1. The number of nitrogens with zero attached hydrogens (tertiary/aromatic N) is 3. The van der Waals surface area contributed by atoms with Crippen LogP contribution in [0.3, 0.4) is 0 Å². The zero-order valence-electron chi connectivity index (χ0n) is 10.2. The quantitative estimate of drug-likeness (QED) is 0.784. The number of fused-ring (bicyclic) bond motifs is 1. The van der Waals surface area contributed by atoms with Crippen molar-refractivity contribution in [2.45, 2.75) is 0 Å². The lowest BCUT2D eigenvalue weighted by Crippen LogP contribution is -2.06. The van der Waals surface area contributed by atoms with E-state index in [2.05, 4.69) is 15.2 Å².